The summed E-state index contributed by atoms with van der Waals surface area (Å²) in [7, 11) is 0. The monoisotopic (exact) mass is 274 g/mol. The first kappa shape index (κ1) is 11.5. The van der Waals surface area contributed by atoms with E-state index in [1.165, 1.54) is 11.8 Å². The molecular formula is C13H10N2OS2. The van der Waals surface area contributed by atoms with Gasteiger partial charge in [-0.1, -0.05) is 30.0 Å². The van der Waals surface area contributed by atoms with Crippen molar-refractivity contribution in [2.75, 3.05) is 6.26 Å². The first-order chi connectivity index (χ1) is 8.86. The molecule has 90 valence electrons. The molecule has 2 heterocycles. The van der Waals surface area contributed by atoms with Gasteiger partial charge in [0, 0.05) is 0 Å². The molecule has 0 unspecified atom stereocenters. The van der Waals surface area contributed by atoms with Crippen LogP contribution < -0.4 is 4.74 Å². The standard InChI is InChI=1S/C13H10N2OS2/c1-17-13-14-11(10-7-8-18-12(10)15-13)16-9-5-3-2-4-6-9/h2-8H,1H3. The molecule has 0 saturated heterocycles. The molecule has 3 aromatic rings. The van der Waals surface area contributed by atoms with Crippen molar-refractivity contribution in [2.45, 2.75) is 5.16 Å². The second-order valence-corrected chi connectivity index (χ2v) is 5.24. The number of para-hydroxylation sites is 1. The number of benzene rings is 1. The Hall–Kier alpha value is -1.59. The fraction of sp³-hybridized carbons (Fsp3) is 0.0769. The lowest BCUT2D eigenvalue weighted by molar-refractivity contribution is 0.463. The van der Waals surface area contributed by atoms with Gasteiger partial charge >= 0.3 is 0 Å². The van der Waals surface area contributed by atoms with E-state index in [9.17, 15) is 0 Å². The molecule has 0 spiro atoms. The van der Waals surface area contributed by atoms with Crippen LogP contribution in [0.2, 0.25) is 0 Å². The van der Waals surface area contributed by atoms with Crippen LogP contribution in [0.1, 0.15) is 0 Å². The summed E-state index contributed by atoms with van der Waals surface area (Å²) in [5.74, 6) is 1.41. The van der Waals surface area contributed by atoms with Gasteiger partial charge in [-0.05, 0) is 29.8 Å². The smallest absolute Gasteiger partial charge is 0.232 e. The fourth-order valence-electron chi connectivity index (χ4n) is 1.58. The summed E-state index contributed by atoms with van der Waals surface area (Å²) in [5, 5.41) is 3.69. The summed E-state index contributed by atoms with van der Waals surface area (Å²) >= 11 is 3.11. The van der Waals surface area contributed by atoms with Gasteiger partial charge in [0.1, 0.15) is 10.6 Å². The highest BCUT2D eigenvalue weighted by Gasteiger charge is 2.10. The zero-order chi connectivity index (χ0) is 12.4. The van der Waals surface area contributed by atoms with Crippen LogP contribution >= 0.6 is 23.1 Å². The maximum Gasteiger partial charge on any atom is 0.232 e. The SMILES string of the molecule is CSc1nc(Oc2ccccc2)c2ccsc2n1. The molecule has 3 rings (SSSR count). The Kier molecular flexibility index (Phi) is 3.17. The molecule has 18 heavy (non-hydrogen) atoms. The number of thiophene rings is 1. The Balaban J connectivity index is 2.07. The van der Waals surface area contributed by atoms with E-state index < -0.39 is 0 Å². The van der Waals surface area contributed by atoms with E-state index in [1.807, 2.05) is 48.0 Å². The number of nitrogens with zero attached hydrogens (tertiary/aromatic N) is 2. The number of thioether (sulfide) groups is 1. The molecule has 0 aliphatic heterocycles. The Morgan fingerprint density at radius 1 is 1.11 bits per heavy atom. The van der Waals surface area contributed by atoms with Gasteiger partial charge in [0.15, 0.2) is 5.16 Å². The summed E-state index contributed by atoms with van der Waals surface area (Å²) in [5.41, 5.74) is 0. The summed E-state index contributed by atoms with van der Waals surface area (Å²) in [6, 6.07) is 11.7. The van der Waals surface area contributed by atoms with Crippen LogP contribution in [0.4, 0.5) is 0 Å². The highest BCUT2D eigenvalue weighted by Crippen LogP contribution is 2.31. The maximum atomic E-state index is 5.83. The highest BCUT2D eigenvalue weighted by molar-refractivity contribution is 7.98. The van der Waals surface area contributed by atoms with Crippen molar-refractivity contribution in [1.29, 1.82) is 0 Å². The lowest BCUT2D eigenvalue weighted by Crippen LogP contribution is -1.92. The van der Waals surface area contributed by atoms with Gasteiger partial charge in [-0.25, -0.2) is 4.98 Å². The van der Waals surface area contributed by atoms with Crippen LogP contribution in [0.3, 0.4) is 0 Å². The van der Waals surface area contributed by atoms with Gasteiger partial charge in [0.25, 0.3) is 0 Å². The molecule has 0 saturated carbocycles. The number of hydrogen-bond acceptors (Lipinski definition) is 5. The molecule has 0 aliphatic rings. The quantitative estimate of drug-likeness (QED) is 0.529. The van der Waals surface area contributed by atoms with Gasteiger partial charge < -0.3 is 4.74 Å². The molecule has 0 atom stereocenters. The normalized spacial score (nSPS) is 10.7. The van der Waals surface area contributed by atoms with Crippen molar-refractivity contribution in [1.82, 2.24) is 9.97 Å². The zero-order valence-corrected chi connectivity index (χ0v) is 11.3. The molecule has 0 radical (unpaired) electrons. The Morgan fingerprint density at radius 2 is 1.94 bits per heavy atom. The van der Waals surface area contributed by atoms with Crippen LogP contribution in [-0.2, 0) is 0 Å². The second-order valence-electron chi connectivity index (χ2n) is 3.57. The predicted molar refractivity (Wildman–Crippen MR) is 75.7 cm³/mol. The molecule has 5 heteroatoms. The number of aromatic nitrogens is 2. The van der Waals surface area contributed by atoms with E-state index in [0.29, 0.717) is 5.88 Å². The summed E-state index contributed by atoms with van der Waals surface area (Å²) in [6.07, 6.45) is 1.96. The molecule has 2 aromatic heterocycles. The van der Waals surface area contributed by atoms with Crippen LogP contribution in [0.15, 0.2) is 46.9 Å². The average Bonchev–Trinajstić information content (AvgIpc) is 2.88. The molecular weight excluding hydrogens is 264 g/mol. The van der Waals surface area contributed by atoms with Crippen molar-refractivity contribution in [3.63, 3.8) is 0 Å². The first-order valence-corrected chi connectivity index (χ1v) is 7.49. The topological polar surface area (TPSA) is 35.0 Å². The van der Waals surface area contributed by atoms with E-state index in [-0.39, 0.29) is 0 Å². The van der Waals surface area contributed by atoms with Crippen molar-refractivity contribution < 1.29 is 4.74 Å². The lowest BCUT2D eigenvalue weighted by atomic mass is 10.3. The number of hydrogen-bond donors (Lipinski definition) is 0. The van der Waals surface area contributed by atoms with E-state index in [4.69, 9.17) is 4.74 Å². The molecule has 0 amide bonds. The fourth-order valence-corrected chi connectivity index (χ4v) is 2.75. The molecule has 0 aliphatic carbocycles. The van der Waals surface area contributed by atoms with Crippen molar-refractivity contribution >= 4 is 33.3 Å². The molecule has 0 fully saturated rings. The average molecular weight is 274 g/mol. The van der Waals surface area contributed by atoms with E-state index in [2.05, 4.69) is 9.97 Å². The third-order valence-electron chi connectivity index (χ3n) is 2.41. The molecule has 3 nitrogen and oxygen atoms in total. The number of ether oxygens (including phenoxy) is 1. The van der Waals surface area contributed by atoms with E-state index in [1.54, 1.807) is 11.3 Å². The Morgan fingerprint density at radius 3 is 2.72 bits per heavy atom. The maximum absolute atomic E-state index is 5.83. The molecule has 1 aromatic carbocycles. The number of fused-ring (bicyclic) bond motifs is 1. The van der Waals surface area contributed by atoms with Crippen molar-refractivity contribution in [3.05, 3.63) is 41.8 Å². The van der Waals surface area contributed by atoms with Crippen LogP contribution in [0.25, 0.3) is 10.2 Å². The number of rotatable bonds is 3. The third kappa shape index (κ3) is 2.19. The van der Waals surface area contributed by atoms with Gasteiger partial charge in [0.05, 0.1) is 5.39 Å². The molecule has 0 N–H and O–H groups in total. The molecule has 0 bridgehead atoms. The summed E-state index contributed by atoms with van der Waals surface area (Å²) in [6.45, 7) is 0. The third-order valence-corrected chi connectivity index (χ3v) is 3.76. The minimum Gasteiger partial charge on any atom is -0.438 e. The van der Waals surface area contributed by atoms with Gasteiger partial charge in [-0.2, -0.15) is 4.98 Å². The van der Waals surface area contributed by atoms with Crippen LogP contribution in [0.5, 0.6) is 11.6 Å². The van der Waals surface area contributed by atoms with Crippen LogP contribution in [0, 0.1) is 0 Å². The highest BCUT2D eigenvalue weighted by atomic mass is 32.2. The van der Waals surface area contributed by atoms with Gasteiger partial charge in [-0.15, -0.1) is 11.3 Å². The van der Waals surface area contributed by atoms with Crippen molar-refractivity contribution in [2.24, 2.45) is 0 Å². The van der Waals surface area contributed by atoms with Gasteiger partial charge in [-0.3, -0.25) is 0 Å². The van der Waals surface area contributed by atoms with Crippen molar-refractivity contribution in [3.8, 4) is 11.6 Å². The zero-order valence-electron chi connectivity index (χ0n) is 9.66. The van der Waals surface area contributed by atoms with E-state index >= 15 is 0 Å². The minimum atomic E-state index is 0.622. The Bertz CT molecular complexity index is 667. The largest absolute Gasteiger partial charge is 0.438 e. The summed E-state index contributed by atoms with van der Waals surface area (Å²) in [4.78, 5) is 9.83. The Labute approximate surface area is 113 Å². The van der Waals surface area contributed by atoms with Crippen LogP contribution in [-0.4, -0.2) is 16.2 Å². The first-order valence-electron chi connectivity index (χ1n) is 5.39. The van der Waals surface area contributed by atoms with E-state index in [0.717, 1.165) is 21.1 Å². The minimum absolute atomic E-state index is 0.622. The lowest BCUT2D eigenvalue weighted by Gasteiger charge is -2.06. The van der Waals surface area contributed by atoms with Gasteiger partial charge in [0.2, 0.25) is 5.88 Å². The second kappa shape index (κ2) is 4.96. The predicted octanol–water partition coefficient (Wildman–Crippen LogP) is 4.21. The summed E-state index contributed by atoms with van der Waals surface area (Å²) < 4.78 is 5.83.